The van der Waals surface area contributed by atoms with Crippen LogP contribution in [0, 0.1) is 17.3 Å². The molecule has 0 amide bonds. The highest BCUT2D eigenvalue weighted by Gasteiger charge is 2.59. The molecule has 1 aliphatic carbocycles. The first-order valence-corrected chi connectivity index (χ1v) is 4.87. The minimum absolute atomic E-state index is 0.0389. The fourth-order valence-electron chi connectivity index (χ4n) is 2.71. The monoisotopic (exact) mass is 184 g/mol. The van der Waals surface area contributed by atoms with Crippen molar-refractivity contribution in [2.75, 3.05) is 6.61 Å². The highest BCUT2D eigenvalue weighted by Crippen LogP contribution is 2.55. The number of hydrogen-bond donors (Lipinski definition) is 1. The van der Waals surface area contributed by atoms with Crippen molar-refractivity contribution in [1.29, 1.82) is 0 Å². The third kappa shape index (κ3) is 1.17. The zero-order valence-electron chi connectivity index (χ0n) is 8.12. The first-order chi connectivity index (χ1) is 6.06. The van der Waals surface area contributed by atoms with E-state index in [-0.39, 0.29) is 30.0 Å². The molecule has 1 saturated heterocycles. The molecule has 0 aromatic carbocycles. The quantitative estimate of drug-likeness (QED) is 0.650. The Morgan fingerprint density at radius 1 is 1.62 bits per heavy atom. The van der Waals surface area contributed by atoms with E-state index in [9.17, 15) is 4.79 Å². The van der Waals surface area contributed by atoms with Crippen LogP contribution in [0.4, 0.5) is 0 Å². The van der Waals surface area contributed by atoms with Gasteiger partial charge in [-0.3, -0.25) is 4.79 Å². The Balaban J connectivity index is 2.07. The predicted molar refractivity (Wildman–Crippen MR) is 47.0 cm³/mol. The fourth-order valence-corrected chi connectivity index (χ4v) is 2.71. The summed E-state index contributed by atoms with van der Waals surface area (Å²) in [5, 5.41) is 8.79. The molecule has 1 aliphatic heterocycles. The maximum absolute atomic E-state index is 11.4. The summed E-state index contributed by atoms with van der Waals surface area (Å²) in [4.78, 5) is 11.4. The number of aliphatic hydroxyl groups excluding tert-OH is 1. The largest absolute Gasteiger partial charge is 0.461 e. The number of carbonyl (C=O) groups excluding carboxylic acids is 1. The Bertz CT molecular complexity index is 234. The maximum atomic E-state index is 11.4. The summed E-state index contributed by atoms with van der Waals surface area (Å²) in [5.41, 5.74) is 0.157. The molecule has 0 spiro atoms. The van der Waals surface area contributed by atoms with E-state index >= 15 is 0 Å². The van der Waals surface area contributed by atoms with Gasteiger partial charge in [-0.2, -0.15) is 0 Å². The smallest absolute Gasteiger partial charge is 0.309 e. The third-order valence-corrected chi connectivity index (χ3v) is 3.42. The van der Waals surface area contributed by atoms with Crippen LogP contribution in [0.3, 0.4) is 0 Å². The Labute approximate surface area is 78.1 Å². The van der Waals surface area contributed by atoms with Crippen LogP contribution in [0.2, 0.25) is 0 Å². The van der Waals surface area contributed by atoms with Crippen molar-refractivity contribution in [3.8, 4) is 0 Å². The first kappa shape index (κ1) is 9.00. The summed E-state index contributed by atoms with van der Waals surface area (Å²) in [5.74, 6) is 0.229. The van der Waals surface area contributed by atoms with Crippen molar-refractivity contribution in [3.05, 3.63) is 0 Å². The van der Waals surface area contributed by atoms with E-state index in [1.54, 1.807) is 0 Å². The second-order valence-electron chi connectivity index (χ2n) is 4.83. The molecule has 0 radical (unpaired) electrons. The van der Waals surface area contributed by atoms with Gasteiger partial charge in [0.15, 0.2) is 0 Å². The van der Waals surface area contributed by atoms with E-state index < -0.39 is 0 Å². The Hall–Kier alpha value is -0.570. The van der Waals surface area contributed by atoms with Gasteiger partial charge in [0.05, 0.1) is 5.92 Å². The number of esters is 1. The van der Waals surface area contributed by atoms with Crippen LogP contribution in [0.1, 0.15) is 26.7 Å². The van der Waals surface area contributed by atoms with Crippen molar-refractivity contribution in [2.24, 2.45) is 17.3 Å². The molecular formula is C10H16O3. The van der Waals surface area contributed by atoms with Crippen LogP contribution in [0.5, 0.6) is 0 Å². The molecule has 2 fully saturated rings. The zero-order chi connectivity index (χ0) is 9.64. The van der Waals surface area contributed by atoms with E-state index in [1.165, 1.54) is 0 Å². The molecule has 0 aromatic heterocycles. The van der Waals surface area contributed by atoms with Gasteiger partial charge in [-0.25, -0.2) is 0 Å². The SMILES string of the molecule is CC1(C)C[C@@H]2C(CCO)C(=O)O[C@@H]21. The topological polar surface area (TPSA) is 46.5 Å². The third-order valence-electron chi connectivity index (χ3n) is 3.42. The molecule has 13 heavy (non-hydrogen) atoms. The van der Waals surface area contributed by atoms with Gasteiger partial charge >= 0.3 is 5.97 Å². The summed E-state index contributed by atoms with van der Waals surface area (Å²) in [7, 11) is 0. The summed E-state index contributed by atoms with van der Waals surface area (Å²) in [6.45, 7) is 4.34. The van der Waals surface area contributed by atoms with Crippen molar-refractivity contribution in [1.82, 2.24) is 0 Å². The molecule has 0 aromatic rings. The summed E-state index contributed by atoms with van der Waals surface area (Å²) in [6.07, 6.45) is 1.72. The lowest BCUT2D eigenvalue weighted by Gasteiger charge is -2.46. The van der Waals surface area contributed by atoms with Crippen LogP contribution < -0.4 is 0 Å². The number of ether oxygens (including phenoxy) is 1. The van der Waals surface area contributed by atoms with Gasteiger partial charge in [0.1, 0.15) is 6.10 Å². The molecule has 74 valence electrons. The maximum Gasteiger partial charge on any atom is 0.309 e. The lowest BCUT2D eigenvalue weighted by atomic mass is 9.59. The van der Waals surface area contributed by atoms with Crippen molar-refractivity contribution < 1.29 is 14.6 Å². The Morgan fingerprint density at radius 3 is 2.77 bits per heavy atom. The summed E-state index contributed by atoms with van der Waals surface area (Å²) in [6, 6.07) is 0. The molecule has 3 atom stereocenters. The second kappa shape index (κ2) is 2.71. The molecule has 1 saturated carbocycles. The number of fused-ring (bicyclic) bond motifs is 1. The van der Waals surface area contributed by atoms with Crippen LogP contribution in [-0.4, -0.2) is 23.8 Å². The van der Waals surface area contributed by atoms with Gasteiger partial charge in [0, 0.05) is 17.9 Å². The molecule has 0 bridgehead atoms. The minimum atomic E-state index is -0.102. The lowest BCUT2D eigenvalue weighted by molar-refractivity contribution is -0.152. The Kier molecular flexibility index (Phi) is 1.88. The molecule has 3 nitrogen and oxygen atoms in total. The van der Waals surface area contributed by atoms with E-state index in [0.29, 0.717) is 12.3 Å². The number of hydrogen-bond acceptors (Lipinski definition) is 3. The van der Waals surface area contributed by atoms with Crippen LogP contribution in [0.15, 0.2) is 0 Å². The summed E-state index contributed by atoms with van der Waals surface area (Å²) < 4.78 is 5.29. The van der Waals surface area contributed by atoms with Crippen molar-refractivity contribution in [3.63, 3.8) is 0 Å². The van der Waals surface area contributed by atoms with Crippen LogP contribution in [-0.2, 0) is 9.53 Å². The molecule has 3 heteroatoms. The second-order valence-corrected chi connectivity index (χ2v) is 4.83. The minimum Gasteiger partial charge on any atom is -0.461 e. The van der Waals surface area contributed by atoms with Gasteiger partial charge in [0.2, 0.25) is 0 Å². The molecule has 1 unspecified atom stereocenters. The van der Waals surface area contributed by atoms with Crippen molar-refractivity contribution >= 4 is 5.97 Å². The molecular weight excluding hydrogens is 168 g/mol. The lowest BCUT2D eigenvalue weighted by Crippen LogP contribution is -2.48. The van der Waals surface area contributed by atoms with Crippen LogP contribution in [0.25, 0.3) is 0 Å². The first-order valence-electron chi connectivity index (χ1n) is 4.87. The Morgan fingerprint density at radius 2 is 2.31 bits per heavy atom. The average molecular weight is 184 g/mol. The van der Waals surface area contributed by atoms with E-state index in [2.05, 4.69) is 13.8 Å². The van der Waals surface area contributed by atoms with Crippen molar-refractivity contribution in [2.45, 2.75) is 32.8 Å². The van der Waals surface area contributed by atoms with Gasteiger partial charge in [-0.1, -0.05) is 13.8 Å². The number of rotatable bonds is 2. The number of carbonyl (C=O) groups is 1. The van der Waals surface area contributed by atoms with E-state index in [1.807, 2.05) is 0 Å². The highest BCUT2D eigenvalue weighted by atomic mass is 16.6. The van der Waals surface area contributed by atoms with Gasteiger partial charge in [-0.15, -0.1) is 0 Å². The highest BCUT2D eigenvalue weighted by molar-refractivity contribution is 5.76. The summed E-state index contributed by atoms with van der Waals surface area (Å²) >= 11 is 0. The van der Waals surface area contributed by atoms with Gasteiger partial charge in [-0.05, 0) is 12.8 Å². The zero-order valence-corrected chi connectivity index (χ0v) is 8.12. The average Bonchev–Trinajstić information content (AvgIpc) is 2.30. The van der Waals surface area contributed by atoms with Gasteiger partial charge in [0.25, 0.3) is 0 Å². The normalized spacial score (nSPS) is 40.8. The molecule has 1 heterocycles. The van der Waals surface area contributed by atoms with E-state index in [4.69, 9.17) is 9.84 Å². The standard InChI is InChI=1S/C10H16O3/c1-10(2)5-7-6(3-4-11)9(12)13-8(7)10/h6-8,11H,3-5H2,1-2H3/t6?,7-,8+/m1/s1. The molecule has 2 aliphatic rings. The molecule has 1 N–H and O–H groups in total. The predicted octanol–water partition coefficient (Wildman–Crippen LogP) is 0.956. The van der Waals surface area contributed by atoms with E-state index in [0.717, 1.165) is 6.42 Å². The number of aliphatic hydroxyl groups is 1. The fraction of sp³-hybridized carbons (Fsp3) is 0.900. The molecule has 2 rings (SSSR count). The van der Waals surface area contributed by atoms with Crippen LogP contribution >= 0.6 is 0 Å². The van der Waals surface area contributed by atoms with Gasteiger partial charge < -0.3 is 9.84 Å².